The smallest absolute Gasteiger partial charge is 0.240 e. The van der Waals surface area contributed by atoms with Crippen molar-refractivity contribution in [2.45, 2.75) is 30.7 Å². The summed E-state index contributed by atoms with van der Waals surface area (Å²) in [6, 6.07) is 7.14. The van der Waals surface area contributed by atoms with Crippen molar-refractivity contribution < 1.29 is 13.2 Å². The summed E-state index contributed by atoms with van der Waals surface area (Å²) in [5.41, 5.74) is 1.06. The predicted octanol–water partition coefficient (Wildman–Crippen LogP) is 1.67. The van der Waals surface area contributed by atoms with Crippen LogP contribution < -0.4 is 10.0 Å². The molecule has 1 saturated carbocycles. The van der Waals surface area contributed by atoms with Gasteiger partial charge in [0, 0.05) is 19.2 Å². The molecule has 118 valence electrons. The standard InChI is InChI=1S/C15H24N2O3S/c1-12(16-2)14-5-7-15(8-6-14)21(18,19)17-9-10-20-11-13-3-4-13/h5-8,12-13,16-17H,3-4,9-11H2,1-2H3. The van der Waals surface area contributed by atoms with Crippen molar-refractivity contribution in [2.75, 3.05) is 26.8 Å². The van der Waals surface area contributed by atoms with E-state index in [1.165, 1.54) is 12.8 Å². The number of hydrogen-bond donors (Lipinski definition) is 2. The van der Waals surface area contributed by atoms with Crippen LogP contribution in [0.15, 0.2) is 29.2 Å². The fourth-order valence-corrected chi connectivity index (χ4v) is 2.98. The van der Waals surface area contributed by atoms with E-state index in [0.717, 1.165) is 12.2 Å². The van der Waals surface area contributed by atoms with Crippen molar-refractivity contribution in [1.29, 1.82) is 0 Å². The third kappa shape index (κ3) is 5.07. The summed E-state index contributed by atoms with van der Waals surface area (Å²) >= 11 is 0. The summed E-state index contributed by atoms with van der Waals surface area (Å²) in [5, 5.41) is 3.12. The third-order valence-corrected chi connectivity index (χ3v) is 5.19. The maximum atomic E-state index is 12.1. The van der Waals surface area contributed by atoms with Crippen LogP contribution >= 0.6 is 0 Å². The molecule has 0 saturated heterocycles. The molecule has 1 aromatic rings. The molecule has 1 aliphatic rings. The molecule has 0 spiro atoms. The Morgan fingerprint density at radius 2 is 1.95 bits per heavy atom. The largest absolute Gasteiger partial charge is 0.380 e. The Balaban J connectivity index is 1.82. The van der Waals surface area contributed by atoms with Crippen LogP contribution in [0.4, 0.5) is 0 Å². The van der Waals surface area contributed by atoms with Crippen LogP contribution in [-0.4, -0.2) is 35.2 Å². The first-order valence-corrected chi connectivity index (χ1v) is 8.86. The molecule has 6 heteroatoms. The summed E-state index contributed by atoms with van der Waals surface area (Å²) in [4.78, 5) is 0.289. The topological polar surface area (TPSA) is 67.4 Å². The Labute approximate surface area is 127 Å². The zero-order chi connectivity index (χ0) is 15.3. The maximum Gasteiger partial charge on any atom is 0.240 e. The van der Waals surface area contributed by atoms with Gasteiger partial charge in [0.2, 0.25) is 10.0 Å². The lowest BCUT2D eigenvalue weighted by Crippen LogP contribution is -2.27. The quantitative estimate of drug-likeness (QED) is 0.681. The van der Waals surface area contributed by atoms with Crippen LogP contribution in [0, 0.1) is 5.92 Å². The third-order valence-electron chi connectivity index (χ3n) is 3.71. The summed E-state index contributed by atoms with van der Waals surface area (Å²) in [7, 11) is -1.57. The average Bonchev–Trinajstić information content (AvgIpc) is 3.30. The van der Waals surface area contributed by atoms with Gasteiger partial charge in [0.05, 0.1) is 11.5 Å². The Hall–Kier alpha value is -0.950. The molecule has 21 heavy (non-hydrogen) atoms. The minimum absolute atomic E-state index is 0.200. The molecule has 5 nitrogen and oxygen atoms in total. The number of ether oxygens (including phenoxy) is 1. The Morgan fingerprint density at radius 1 is 1.29 bits per heavy atom. The van der Waals surface area contributed by atoms with Gasteiger partial charge in [-0.05, 0) is 50.4 Å². The second kappa shape index (κ2) is 7.35. The zero-order valence-electron chi connectivity index (χ0n) is 12.6. The van der Waals surface area contributed by atoms with Gasteiger partial charge in [-0.2, -0.15) is 0 Å². The maximum absolute atomic E-state index is 12.1. The van der Waals surface area contributed by atoms with E-state index in [0.29, 0.717) is 19.1 Å². The van der Waals surface area contributed by atoms with E-state index in [4.69, 9.17) is 4.74 Å². The van der Waals surface area contributed by atoms with Crippen molar-refractivity contribution in [3.8, 4) is 0 Å². The molecule has 1 atom stereocenters. The van der Waals surface area contributed by atoms with Crippen LogP contribution in [0.2, 0.25) is 0 Å². The fraction of sp³-hybridized carbons (Fsp3) is 0.600. The highest BCUT2D eigenvalue weighted by Crippen LogP contribution is 2.28. The van der Waals surface area contributed by atoms with Crippen LogP contribution in [-0.2, 0) is 14.8 Å². The molecule has 0 bridgehead atoms. The first-order chi connectivity index (χ1) is 10.0. The van der Waals surface area contributed by atoms with Crippen molar-refractivity contribution in [3.63, 3.8) is 0 Å². The molecule has 1 aliphatic carbocycles. The molecular formula is C15H24N2O3S. The molecule has 1 fully saturated rings. The van der Waals surface area contributed by atoms with Crippen molar-refractivity contribution in [3.05, 3.63) is 29.8 Å². The molecule has 0 aliphatic heterocycles. The highest BCUT2D eigenvalue weighted by molar-refractivity contribution is 7.89. The van der Waals surface area contributed by atoms with Gasteiger partial charge >= 0.3 is 0 Å². The minimum Gasteiger partial charge on any atom is -0.380 e. The summed E-state index contributed by atoms with van der Waals surface area (Å²) < 4.78 is 32.2. The first-order valence-electron chi connectivity index (χ1n) is 7.37. The Bertz CT molecular complexity index is 539. The van der Waals surface area contributed by atoms with Crippen LogP contribution in [0.25, 0.3) is 0 Å². The molecule has 0 radical (unpaired) electrons. The highest BCUT2D eigenvalue weighted by Gasteiger charge is 2.21. The number of benzene rings is 1. The normalized spacial score (nSPS) is 16.9. The lowest BCUT2D eigenvalue weighted by atomic mass is 10.1. The van der Waals surface area contributed by atoms with Crippen molar-refractivity contribution in [1.82, 2.24) is 10.0 Å². The van der Waals surface area contributed by atoms with Gasteiger partial charge < -0.3 is 10.1 Å². The van der Waals surface area contributed by atoms with Gasteiger partial charge in [0.25, 0.3) is 0 Å². The van der Waals surface area contributed by atoms with Gasteiger partial charge in [-0.25, -0.2) is 13.1 Å². The number of rotatable bonds is 9. The molecule has 0 amide bonds. The van der Waals surface area contributed by atoms with E-state index in [1.807, 2.05) is 26.1 Å². The second-order valence-corrected chi connectivity index (χ2v) is 7.26. The van der Waals surface area contributed by atoms with Gasteiger partial charge in [-0.15, -0.1) is 0 Å². The average molecular weight is 312 g/mol. The van der Waals surface area contributed by atoms with Gasteiger partial charge in [-0.3, -0.25) is 0 Å². The number of hydrogen-bond acceptors (Lipinski definition) is 4. The summed E-state index contributed by atoms with van der Waals surface area (Å²) in [5.74, 6) is 0.698. The molecule has 1 unspecified atom stereocenters. The van der Waals surface area contributed by atoms with Crippen LogP contribution in [0.3, 0.4) is 0 Å². The number of nitrogens with one attached hydrogen (secondary N) is 2. The zero-order valence-corrected chi connectivity index (χ0v) is 13.4. The van der Waals surface area contributed by atoms with E-state index < -0.39 is 10.0 Å². The molecule has 2 rings (SSSR count). The fourth-order valence-electron chi connectivity index (χ4n) is 1.97. The van der Waals surface area contributed by atoms with E-state index >= 15 is 0 Å². The number of sulfonamides is 1. The van der Waals surface area contributed by atoms with Crippen LogP contribution in [0.1, 0.15) is 31.4 Å². The van der Waals surface area contributed by atoms with Crippen molar-refractivity contribution >= 4 is 10.0 Å². The lowest BCUT2D eigenvalue weighted by molar-refractivity contribution is 0.129. The van der Waals surface area contributed by atoms with Gasteiger partial charge in [0.15, 0.2) is 0 Å². The molecule has 1 aromatic carbocycles. The molecule has 0 heterocycles. The monoisotopic (exact) mass is 312 g/mol. The van der Waals surface area contributed by atoms with E-state index in [1.54, 1.807) is 12.1 Å². The van der Waals surface area contributed by atoms with Gasteiger partial charge in [-0.1, -0.05) is 12.1 Å². The summed E-state index contributed by atoms with van der Waals surface area (Å²) in [6.07, 6.45) is 2.48. The SMILES string of the molecule is CNC(C)c1ccc(S(=O)(=O)NCCOCC2CC2)cc1. The highest BCUT2D eigenvalue weighted by atomic mass is 32.2. The molecule has 0 aromatic heterocycles. The van der Waals surface area contributed by atoms with E-state index in [-0.39, 0.29) is 10.9 Å². The van der Waals surface area contributed by atoms with E-state index in [2.05, 4.69) is 10.0 Å². The Kier molecular flexibility index (Phi) is 5.75. The molecular weight excluding hydrogens is 288 g/mol. The Morgan fingerprint density at radius 3 is 2.52 bits per heavy atom. The second-order valence-electron chi connectivity index (χ2n) is 5.50. The molecule has 2 N–H and O–H groups in total. The van der Waals surface area contributed by atoms with Crippen LogP contribution in [0.5, 0.6) is 0 Å². The predicted molar refractivity (Wildman–Crippen MR) is 82.6 cm³/mol. The minimum atomic E-state index is -3.44. The summed E-state index contributed by atoms with van der Waals surface area (Å²) in [6.45, 7) is 3.51. The van der Waals surface area contributed by atoms with Gasteiger partial charge in [0.1, 0.15) is 0 Å². The van der Waals surface area contributed by atoms with Crippen molar-refractivity contribution in [2.24, 2.45) is 5.92 Å². The lowest BCUT2D eigenvalue weighted by Gasteiger charge is -2.12. The van der Waals surface area contributed by atoms with E-state index in [9.17, 15) is 8.42 Å². The first kappa shape index (κ1) is 16.4.